The Hall–Kier alpha value is -2.56. The third kappa shape index (κ3) is 4.08. The number of hydrogen-bond acceptors (Lipinski definition) is 9. The van der Waals surface area contributed by atoms with Crippen molar-refractivity contribution in [2.75, 3.05) is 42.7 Å². The summed E-state index contributed by atoms with van der Waals surface area (Å²) in [6, 6.07) is 8.05. The van der Waals surface area contributed by atoms with Crippen LogP contribution in [0, 0.1) is 0 Å². The number of aliphatic hydroxyl groups excluding tert-OH is 1. The van der Waals surface area contributed by atoms with Crippen LogP contribution in [-0.2, 0) is 17.2 Å². The Morgan fingerprint density at radius 3 is 2.74 bits per heavy atom. The van der Waals surface area contributed by atoms with Crippen LogP contribution in [0.4, 0.5) is 11.8 Å². The van der Waals surface area contributed by atoms with Gasteiger partial charge in [-0.25, -0.2) is 9.97 Å². The standard InChI is InChI=1S/C24H30N6O3S/c1-29-14-16(6-7-20(29)31)25-22-21-18(10-13-34(21)32)27-24(28-22)30-11-8-15(9-12-30)23-26-17-4-2-3-5-19(17)33-23/h2-5,15-16,20,31H,6-14H2,1H3,(H,25,27,28)/t16-,20?,34?/m0/s1. The quantitative estimate of drug-likeness (QED) is 0.580. The Morgan fingerprint density at radius 1 is 1.12 bits per heavy atom. The highest BCUT2D eigenvalue weighted by Crippen LogP contribution is 2.34. The molecule has 0 aliphatic carbocycles. The number of anilines is 2. The fraction of sp³-hybridized carbons (Fsp3) is 0.542. The summed E-state index contributed by atoms with van der Waals surface area (Å²) in [6.07, 6.45) is 3.72. The van der Waals surface area contributed by atoms with Crippen LogP contribution in [0.1, 0.15) is 43.2 Å². The Morgan fingerprint density at radius 2 is 1.94 bits per heavy atom. The average molecular weight is 483 g/mol. The number of piperidine rings is 2. The summed E-state index contributed by atoms with van der Waals surface area (Å²) < 4.78 is 18.7. The van der Waals surface area contributed by atoms with E-state index in [-0.39, 0.29) is 12.0 Å². The smallest absolute Gasteiger partial charge is 0.227 e. The number of benzene rings is 1. The van der Waals surface area contributed by atoms with Gasteiger partial charge >= 0.3 is 0 Å². The van der Waals surface area contributed by atoms with Crippen LogP contribution in [0.2, 0.25) is 0 Å². The van der Waals surface area contributed by atoms with Gasteiger partial charge in [0.05, 0.1) is 16.5 Å². The lowest BCUT2D eigenvalue weighted by Gasteiger charge is -2.35. The van der Waals surface area contributed by atoms with Crippen molar-refractivity contribution in [2.24, 2.45) is 0 Å². The number of fused-ring (bicyclic) bond motifs is 2. The van der Waals surface area contributed by atoms with E-state index in [4.69, 9.17) is 19.4 Å². The summed E-state index contributed by atoms with van der Waals surface area (Å²) in [5.74, 6) is 3.11. The van der Waals surface area contributed by atoms with Crippen LogP contribution < -0.4 is 10.2 Å². The molecule has 3 aliphatic heterocycles. The van der Waals surface area contributed by atoms with Crippen LogP contribution in [0.3, 0.4) is 0 Å². The van der Waals surface area contributed by atoms with Gasteiger partial charge in [0.2, 0.25) is 5.95 Å². The fourth-order valence-corrected chi connectivity index (χ4v) is 6.57. The maximum absolute atomic E-state index is 12.7. The molecule has 2 unspecified atom stereocenters. The van der Waals surface area contributed by atoms with E-state index in [1.165, 1.54) is 0 Å². The van der Waals surface area contributed by atoms with Crippen LogP contribution in [-0.4, -0.2) is 73.9 Å². The molecule has 3 aliphatic rings. The van der Waals surface area contributed by atoms with E-state index < -0.39 is 17.0 Å². The molecule has 9 nitrogen and oxygen atoms in total. The van der Waals surface area contributed by atoms with E-state index in [9.17, 15) is 9.32 Å². The number of oxazole rings is 1. The van der Waals surface area contributed by atoms with E-state index in [1.807, 2.05) is 36.2 Å². The number of aliphatic hydroxyl groups is 1. The molecule has 0 spiro atoms. The number of aryl methyl sites for hydroxylation is 1. The lowest BCUT2D eigenvalue weighted by Crippen LogP contribution is -2.46. The number of likely N-dealkylation sites (N-methyl/N-ethyl adjacent to an activating group) is 1. The second-order valence-electron chi connectivity index (χ2n) is 9.57. The first-order valence-corrected chi connectivity index (χ1v) is 13.4. The Bertz CT molecular complexity index is 1190. The van der Waals surface area contributed by atoms with E-state index in [2.05, 4.69) is 10.2 Å². The summed E-state index contributed by atoms with van der Waals surface area (Å²) >= 11 is 0. The second-order valence-corrected chi connectivity index (χ2v) is 11.1. The van der Waals surface area contributed by atoms with Crippen molar-refractivity contribution in [1.82, 2.24) is 19.9 Å². The number of rotatable bonds is 4. The molecule has 0 radical (unpaired) electrons. The zero-order chi connectivity index (χ0) is 23.2. The molecule has 10 heteroatoms. The highest BCUT2D eigenvalue weighted by atomic mass is 32.2. The summed E-state index contributed by atoms with van der Waals surface area (Å²) in [7, 11) is 0.853. The maximum Gasteiger partial charge on any atom is 0.227 e. The molecule has 0 amide bonds. The normalized spacial score (nSPS) is 26.2. The molecule has 0 bridgehead atoms. The van der Waals surface area contributed by atoms with Gasteiger partial charge < -0.3 is 19.7 Å². The minimum Gasteiger partial charge on any atom is -0.440 e. The van der Waals surface area contributed by atoms with Crippen molar-refractivity contribution >= 4 is 33.7 Å². The molecule has 2 N–H and O–H groups in total. The van der Waals surface area contributed by atoms with Crippen LogP contribution in [0.25, 0.3) is 11.1 Å². The molecule has 1 aromatic carbocycles. The summed E-state index contributed by atoms with van der Waals surface area (Å²) in [4.78, 5) is 19.3. The Kier molecular flexibility index (Phi) is 5.74. The van der Waals surface area contributed by atoms with Gasteiger partial charge in [-0.15, -0.1) is 0 Å². The van der Waals surface area contributed by atoms with Gasteiger partial charge in [0.1, 0.15) is 22.5 Å². The number of nitrogens with zero attached hydrogens (tertiary/aromatic N) is 5. The van der Waals surface area contributed by atoms with Crippen molar-refractivity contribution < 1.29 is 13.7 Å². The van der Waals surface area contributed by atoms with Crippen molar-refractivity contribution in [3.8, 4) is 0 Å². The number of likely N-dealkylation sites (tertiary alicyclic amines) is 1. The average Bonchev–Trinajstić information content (AvgIpc) is 3.45. The van der Waals surface area contributed by atoms with Gasteiger partial charge in [0.15, 0.2) is 11.5 Å². The van der Waals surface area contributed by atoms with Crippen LogP contribution in [0.15, 0.2) is 33.6 Å². The number of hydrogen-bond donors (Lipinski definition) is 2. The SMILES string of the molecule is CN1C[C@@H](Nc2nc(N3CCC(c4nc5ccccc5o4)CC3)nc3c2S(=O)CC3)CCC1O. The number of aromatic nitrogens is 3. The van der Waals surface area contributed by atoms with E-state index in [0.717, 1.165) is 72.9 Å². The summed E-state index contributed by atoms with van der Waals surface area (Å²) in [5, 5.41) is 13.6. The summed E-state index contributed by atoms with van der Waals surface area (Å²) in [6.45, 7) is 2.37. The Labute approximate surface area is 201 Å². The molecule has 5 heterocycles. The molecule has 3 atom stereocenters. The predicted octanol–water partition coefficient (Wildman–Crippen LogP) is 2.49. The minimum absolute atomic E-state index is 0.155. The molecular formula is C24H30N6O3S. The Balaban J connectivity index is 1.20. The molecule has 2 fully saturated rings. The van der Waals surface area contributed by atoms with E-state index >= 15 is 0 Å². The molecule has 180 valence electrons. The third-order valence-electron chi connectivity index (χ3n) is 7.24. The molecule has 6 rings (SSSR count). The van der Waals surface area contributed by atoms with Gasteiger partial charge in [-0.05, 0) is 44.9 Å². The summed E-state index contributed by atoms with van der Waals surface area (Å²) in [5.41, 5.74) is 2.65. The highest BCUT2D eigenvalue weighted by molar-refractivity contribution is 7.85. The fourth-order valence-electron chi connectivity index (χ4n) is 5.26. The zero-order valence-corrected chi connectivity index (χ0v) is 20.1. The van der Waals surface area contributed by atoms with Crippen molar-refractivity contribution in [2.45, 2.75) is 55.2 Å². The van der Waals surface area contributed by atoms with E-state index in [1.54, 1.807) is 0 Å². The first-order chi connectivity index (χ1) is 16.5. The van der Waals surface area contributed by atoms with Gasteiger partial charge in [-0.3, -0.25) is 9.11 Å². The number of para-hydroxylation sites is 2. The zero-order valence-electron chi connectivity index (χ0n) is 19.3. The maximum atomic E-state index is 12.7. The van der Waals surface area contributed by atoms with Gasteiger partial charge in [-0.1, -0.05) is 12.1 Å². The second kappa shape index (κ2) is 8.90. The first kappa shape index (κ1) is 21.9. The largest absolute Gasteiger partial charge is 0.440 e. The third-order valence-corrected chi connectivity index (χ3v) is 8.70. The van der Waals surface area contributed by atoms with Crippen LogP contribution in [0.5, 0.6) is 0 Å². The monoisotopic (exact) mass is 482 g/mol. The topological polar surface area (TPSA) is 108 Å². The highest BCUT2D eigenvalue weighted by Gasteiger charge is 2.32. The molecule has 34 heavy (non-hydrogen) atoms. The van der Waals surface area contributed by atoms with Crippen molar-refractivity contribution in [3.05, 3.63) is 35.9 Å². The van der Waals surface area contributed by atoms with Gasteiger partial charge in [0, 0.05) is 43.8 Å². The number of nitrogens with one attached hydrogen (secondary N) is 1. The van der Waals surface area contributed by atoms with Crippen LogP contribution >= 0.6 is 0 Å². The molecule has 2 saturated heterocycles. The molecule has 0 saturated carbocycles. The first-order valence-electron chi connectivity index (χ1n) is 12.1. The van der Waals surface area contributed by atoms with E-state index in [0.29, 0.717) is 23.9 Å². The lowest BCUT2D eigenvalue weighted by molar-refractivity contribution is -0.00958. The lowest BCUT2D eigenvalue weighted by atomic mass is 9.97. The molecule has 2 aromatic heterocycles. The predicted molar refractivity (Wildman–Crippen MR) is 130 cm³/mol. The molecule has 3 aromatic rings. The van der Waals surface area contributed by atoms with Crippen molar-refractivity contribution in [3.63, 3.8) is 0 Å². The van der Waals surface area contributed by atoms with Gasteiger partial charge in [0.25, 0.3) is 0 Å². The minimum atomic E-state index is -1.07. The molecular weight excluding hydrogens is 452 g/mol. The van der Waals surface area contributed by atoms with Gasteiger partial charge in [-0.2, -0.15) is 4.98 Å². The van der Waals surface area contributed by atoms with Crippen molar-refractivity contribution in [1.29, 1.82) is 0 Å².